The fourth-order valence-electron chi connectivity index (χ4n) is 2.41. The van der Waals surface area contributed by atoms with E-state index in [1.807, 2.05) is 24.3 Å². The summed E-state index contributed by atoms with van der Waals surface area (Å²) < 4.78 is 16.5. The molecular weight excluding hydrogens is 294 g/mol. The third kappa shape index (κ3) is 7.01. The highest BCUT2D eigenvalue weighted by Crippen LogP contribution is 2.12. The lowest BCUT2D eigenvalue weighted by atomic mass is 10.2. The van der Waals surface area contributed by atoms with Crippen LogP contribution in [0.1, 0.15) is 31.7 Å². The number of nitrogens with one attached hydrogen (secondary N) is 1. The molecule has 1 aromatic rings. The molecule has 1 aromatic carbocycles. The molecule has 0 spiro atoms. The Hall–Kier alpha value is -1.59. The number of amides is 1. The minimum atomic E-state index is -0.108. The van der Waals surface area contributed by atoms with Crippen LogP contribution >= 0.6 is 0 Å². The average molecular weight is 321 g/mol. The smallest absolute Gasteiger partial charge is 0.257 e. The Labute approximate surface area is 138 Å². The van der Waals surface area contributed by atoms with E-state index < -0.39 is 0 Å². The van der Waals surface area contributed by atoms with Crippen LogP contribution in [-0.2, 0) is 20.7 Å². The molecule has 1 unspecified atom stereocenters. The number of rotatable bonds is 10. The highest BCUT2D eigenvalue weighted by atomic mass is 16.5. The average Bonchev–Trinajstić information content (AvgIpc) is 3.10. The Morgan fingerprint density at radius 3 is 2.87 bits per heavy atom. The first-order valence-electron chi connectivity index (χ1n) is 8.45. The molecule has 1 saturated heterocycles. The van der Waals surface area contributed by atoms with Gasteiger partial charge in [0.1, 0.15) is 5.75 Å². The number of aryl methyl sites for hydroxylation is 1. The van der Waals surface area contributed by atoms with E-state index in [1.54, 1.807) is 0 Å². The van der Waals surface area contributed by atoms with Gasteiger partial charge in [0.25, 0.3) is 5.91 Å². The van der Waals surface area contributed by atoms with Gasteiger partial charge in [-0.15, -0.1) is 0 Å². The zero-order chi connectivity index (χ0) is 16.3. The van der Waals surface area contributed by atoms with Crippen LogP contribution in [0.25, 0.3) is 0 Å². The van der Waals surface area contributed by atoms with Gasteiger partial charge in [-0.1, -0.05) is 19.1 Å². The molecule has 128 valence electrons. The van der Waals surface area contributed by atoms with Crippen LogP contribution in [0.2, 0.25) is 0 Å². The molecule has 0 aliphatic carbocycles. The minimum Gasteiger partial charge on any atom is -0.484 e. The molecule has 1 aliphatic rings. The number of benzene rings is 1. The second-order valence-corrected chi connectivity index (χ2v) is 5.70. The van der Waals surface area contributed by atoms with Crippen molar-refractivity contribution in [2.45, 2.75) is 38.7 Å². The lowest BCUT2D eigenvalue weighted by molar-refractivity contribution is -0.123. The van der Waals surface area contributed by atoms with Crippen molar-refractivity contribution in [1.29, 1.82) is 0 Å². The van der Waals surface area contributed by atoms with Gasteiger partial charge in [-0.2, -0.15) is 0 Å². The number of carbonyl (C=O) groups is 1. The quantitative estimate of drug-likeness (QED) is 0.672. The summed E-state index contributed by atoms with van der Waals surface area (Å²) in [6.07, 6.45) is 4.27. The Kier molecular flexibility index (Phi) is 7.90. The zero-order valence-electron chi connectivity index (χ0n) is 13.9. The molecule has 0 aromatic heterocycles. The molecule has 0 bridgehead atoms. The minimum absolute atomic E-state index is 0.0439. The Morgan fingerprint density at radius 2 is 2.17 bits per heavy atom. The maximum absolute atomic E-state index is 11.7. The van der Waals surface area contributed by atoms with Crippen molar-refractivity contribution < 1.29 is 19.0 Å². The van der Waals surface area contributed by atoms with Crippen molar-refractivity contribution in [3.63, 3.8) is 0 Å². The maximum atomic E-state index is 11.7. The van der Waals surface area contributed by atoms with E-state index in [0.29, 0.717) is 19.8 Å². The van der Waals surface area contributed by atoms with Crippen LogP contribution in [0.4, 0.5) is 0 Å². The first-order chi connectivity index (χ1) is 11.3. The SMILES string of the molecule is CCc1ccc(OCC(=O)NCCCOCC2CCCO2)cc1. The van der Waals surface area contributed by atoms with Crippen molar-refractivity contribution in [3.8, 4) is 5.75 Å². The summed E-state index contributed by atoms with van der Waals surface area (Å²) in [5.41, 5.74) is 1.25. The molecule has 2 rings (SSSR count). The second-order valence-electron chi connectivity index (χ2n) is 5.70. The summed E-state index contributed by atoms with van der Waals surface area (Å²) in [4.78, 5) is 11.7. The van der Waals surface area contributed by atoms with Crippen LogP contribution in [0.3, 0.4) is 0 Å². The fourth-order valence-corrected chi connectivity index (χ4v) is 2.41. The van der Waals surface area contributed by atoms with E-state index in [-0.39, 0.29) is 18.6 Å². The number of carbonyl (C=O) groups excluding carboxylic acids is 1. The Balaban J connectivity index is 1.47. The predicted octanol–water partition coefficient (Wildman–Crippen LogP) is 2.33. The fraction of sp³-hybridized carbons (Fsp3) is 0.611. The first kappa shape index (κ1) is 17.8. The van der Waals surface area contributed by atoms with Gasteiger partial charge in [0.2, 0.25) is 0 Å². The molecule has 23 heavy (non-hydrogen) atoms. The van der Waals surface area contributed by atoms with Crippen LogP contribution < -0.4 is 10.1 Å². The highest BCUT2D eigenvalue weighted by molar-refractivity contribution is 5.77. The van der Waals surface area contributed by atoms with Crippen LogP contribution in [0.5, 0.6) is 5.75 Å². The van der Waals surface area contributed by atoms with Crippen molar-refractivity contribution in [1.82, 2.24) is 5.32 Å². The van der Waals surface area contributed by atoms with E-state index in [9.17, 15) is 4.79 Å². The first-order valence-corrected chi connectivity index (χ1v) is 8.45. The van der Waals surface area contributed by atoms with Gasteiger partial charge in [-0.25, -0.2) is 0 Å². The number of hydrogen-bond acceptors (Lipinski definition) is 4. The van der Waals surface area contributed by atoms with E-state index in [1.165, 1.54) is 5.56 Å². The maximum Gasteiger partial charge on any atom is 0.257 e. The summed E-state index contributed by atoms with van der Waals surface area (Å²) in [6.45, 7) is 4.90. The lowest BCUT2D eigenvalue weighted by Crippen LogP contribution is -2.30. The van der Waals surface area contributed by atoms with Gasteiger partial charge in [0.15, 0.2) is 6.61 Å². The van der Waals surface area contributed by atoms with Crippen molar-refractivity contribution in [2.75, 3.05) is 33.0 Å². The van der Waals surface area contributed by atoms with Crippen LogP contribution in [-0.4, -0.2) is 45.0 Å². The summed E-state index contributed by atoms with van der Waals surface area (Å²) in [6, 6.07) is 7.81. The van der Waals surface area contributed by atoms with E-state index in [0.717, 1.165) is 38.0 Å². The molecule has 1 amide bonds. The molecule has 0 radical (unpaired) electrons. The molecule has 1 atom stereocenters. The van der Waals surface area contributed by atoms with E-state index in [4.69, 9.17) is 14.2 Å². The van der Waals surface area contributed by atoms with Crippen LogP contribution in [0.15, 0.2) is 24.3 Å². The monoisotopic (exact) mass is 321 g/mol. The highest BCUT2D eigenvalue weighted by Gasteiger charge is 2.14. The van der Waals surface area contributed by atoms with Gasteiger partial charge in [0, 0.05) is 19.8 Å². The third-order valence-corrected chi connectivity index (χ3v) is 3.82. The van der Waals surface area contributed by atoms with Crippen molar-refractivity contribution in [2.24, 2.45) is 0 Å². The van der Waals surface area contributed by atoms with Gasteiger partial charge in [-0.3, -0.25) is 4.79 Å². The zero-order valence-corrected chi connectivity index (χ0v) is 13.9. The number of ether oxygens (including phenoxy) is 3. The molecular formula is C18H27NO4. The third-order valence-electron chi connectivity index (χ3n) is 3.82. The van der Waals surface area contributed by atoms with E-state index >= 15 is 0 Å². The van der Waals surface area contributed by atoms with Gasteiger partial charge >= 0.3 is 0 Å². The molecule has 1 N–H and O–H groups in total. The topological polar surface area (TPSA) is 56.8 Å². The van der Waals surface area contributed by atoms with Crippen LogP contribution in [0, 0.1) is 0 Å². The van der Waals surface area contributed by atoms with Crippen molar-refractivity contribution in [3.05, 3.63) is 29.8 Å². The standard InChI is InChI=1S/C18H27NO4/c1-2-15-6-8-16(9-7-15)23-14-18(20)19-10-4-11-21-13-17-5-3-12-22-17/h6-9,17H,2-5,10-14H2,1H3,(H,19,20). The lowest BCUT2D eigenvalue weighted by Gasteiger charge is -2.10. The summed E-state index contributed by atoms with van der Waals surface area (Å²) in [5.74, 6) is 0.612. The second kappa shape index (κ2) is 10.2. The molecule has 5 heteroatoms. The molecule has 1 aliphatic heterocycles. The largest absolute Gasteiger partial charge is 0.484 e. The number of hydrogen-bond donors (Lipinski definition) is 1. The van der Waals surface area contributed by atoms with Gasteiger partial charge in [-0.05, 0) is 43.4 Å². The molecule has 1 heterocycles. The van der Waals surface area contributed by atoms with Gasteiger partial charge in [0.05, 0.1) is 12.7 Å². The summed E-state index contributed by atoms with van der Waals surface area (Å²) >= 11 is 0. The van der Waals surface area contributed by atoms with Crippen molar-refractivity contribution >= 4 is 5.91 Å². The van der Waals surface area contributed by atoms with E-state index in [2.05, 4.69) is 12.2 Å². The normalized spacial score (nSPS) is 17.2. The molecule has 5 nitrogen and oxygen atoms in total. The van der Waals surface area contributed by atoms with Gasteiger partial charge < -0.3 is 19.5 Å². The predicted molar refractivity (Wildman–Crippen MR) is 88.7 cm³/mol. The summed E-state index contributed by atoms with van der Waals surface area (Å²) in [5, 5.41) is 2.83. The molecule has 1 fully saturated rings. The Bertz CT molecular complexity index is 455. The summed E-state index contributed by atoms with van der Waals surface area (Å²) in [7, 11) is 0. The molecule has 0 saturated carbocycles. The Morgan fingerprint density at radius 1 is 1.35 bits per heavy atom.